The number of pyridine rings is 1. The Bertz CT molecular complexity index is 1260. The standard InChI is InChI=1S/C24H28N6O3/c1-16(2)25-7-8-29(19-9-20(32-3)11-21(10-19)33-4)18-5-6-23-26-14-22(17-12-27-28-13-17)24(31)30(23)15-18/h5-6,9-16,25H,7-8H2,1-4H3,(H,27,28). The number of benzene rings is 1. The zero-order chi connectivity index (χ0) is 23.4. The van der Waals surface area contributed by atoms with Gasteiger partial charge in [0.05, 0.1) is 31.7 Å². The fraction of sp³-hybridized carbons (Fsp3) is 0.292. The van der Waals surface area contributed by atoms with Gasteiger partial charge >= 0.3 is 0 Å². The summed E-state index contributed by atoms with van der Waals surface area (Å²) in [6, 6.07) is 9.89. The second-order valence-corrected chi connectivity index (χ2v) is 7.91. The molecule has 0 spiro atoms. The molecule has 0 amide bonds. The Hall–Kier alpha value is -3.85. The van der Waals surface area contributed by atoms with Crippen LogP contribution >= 0.6 is 0 Å². The van der Waals surface area contributed by atoms with Crippen LogP contribution in [0.1, 0.15) is 13.8 Å². The molecule has 9 heteroatoms. The average Bonchev–Trinajstić information content (AvgIpc) is 3.36. The Morgan fingerprint density at radius 2 is 1.85 bits per heavy atom. The van der Waals surface area contributed by atoms with E-state index >= 15 is 0 Å². The van der Waals surface area contributed by atoms with Gasteiger partial charge in [-0.15, -0.1) is 0 Å². The maximum absolute atomic E-state index is 13.3. The highest BCUT2D eigenvalue weighted by molar-refractivity contribution is 5.68. The SMILES string of the molecule is COc1cc(OC)cc(N(CCNC(C)C)c2ccc3ncc(-c4cn[nH]c4)c(=O)n3c2)c1. The van der Waals surface area contributed by atoms with Gasteiger partial charge in [-0.2, -0.15) is 5.10 Å². The fourth-order valence-corrected chi connectivity index (χ4v) is 3.64. The summed E-state index contributed by atoms with van der Waals surface area (Å²) in [5.74, 6) is 1.38. The molecular formula is C24H28N6O3. The summed E-state index contributed by atoms with van der Waals surface area (Å²) in [4.78, 5) is 19.8. The van der Waals surface area contributed by atoms with Crippen molar-refractivity contribution in [1.29, 1.82) is 0 Å². The van der Waals surface area contributed by atoms with Crippen molar-refractivity contribution in [1.82, 2.24) is 24.9 Å². The summed E-state index contributed by atoms with van der Waals surface area (Å²) in [7, 11) is 3.25. The van der Waals surface area contributed by atoms with Crippen molar-refractivity contribution in [3.63, 3.8) is 0 Å². The third kappa shape index (κ3) is 4.83. The zero-order valence-electron chi connectivity index (χ0n) is 19.2. The van der Waals surface area contributed by atoms with Crippen LogP contribution in [0.15, 0.2) is 59.9 Å². The van der Waals surface area contributed by atoms with Crippen LogP contribution in [0.25, 0.3) is 16.8 Å². The summed E-state index contributed by atoms with van der Waals surface area (Å²) in [5.41, 5.74) is 3.32. The molecule has 0 unspecified atom stereocenters. The monoisotopic (exact) mass is 448 g/mol. The molecule has 0 aliphatic carbocycles. The second-order valence-electron chi connectivity index (χ2n) is 7.91. The topological polar surface area (TPSA) is 96.8 Å². The minimum atomic E-state index is -0.160. The van der Waals surface area contributed by atoms with Gasteiger partial charge in [0.25, 0.3) is 5.56 Å². The Morgan fingerprint density at radius 1 is 1.09 bits per heavy atom. The third-order valence-corrected chi connectivity index (χ3v) is 5.34. The van der Waals surface area contributed by atoms with E-state index in [4.69, 9.17) is 9.47 Å². The lowest BCUT2D eigenvalue weighted by molar-refractivity contribution is 0.394. The van der Waals surface area contributed by atoms with Crippen molar-refractivity contribution < 1.29 is 9.47 Å². The largest absolute Gasteiger partial charge is 0.497 e. The van der Waals surface area contributed by atoms with Crippen LogP contribution in [-0.4, -0.2) is 52.9 Å². The van der Waals surface area contributed by atoms with Crippen molar-refractivity contribution in [2.75, 3.05) is 32.2 Å². The van der Waals surface area contributed by atoms with Crippen LogP contribution in [0.5, 0.6) is 11.5 Å². The molecule has 3 aromatic heterocycles. The van der Waals surface area contributed by atoms with Gasteiger partial charge in [0.2, 0.25) is 0 Å². The average molecular weight is 449 g/mol. The van der Waals surface area contributed by atoms with E-state index in [0.29, 0.717) is 40.9 Å². The van der Waals surface area contributed by atoms with Gasteiger partial charge in [0.1, 0.15) is 17.1 Å². The predicted octanol–water partition coefficient (Wildman–Crippen LogP) is 3.24. The van der Waals surface area contributed by atoms with Crippen LogP contribution < -0.4 is 25.2 Å². The first-order valence-electron chi connectivity index (χ1n) is 10.7. The Labute approximate surface area is 192 Å². The maximum Gasteiger partial charge on any atom is 0.265 e. The van der Waals surface area contributed by atoms with Crippen molar-refractivity contribution in [2.24, 2.45) is 0 Å². The van der Waals surface area contributed by atoms with Gasteiger partial charge in [-0.05, 0) is 12.1 Å². The number of aromatic amines is 1. The van der Waals surface area contributed by atoms with E-state index in [1.54, 1.807) is 37.2 Å². The van der Waals surface area contributed by atoms with Crippen LogP contribution in [0.4, 0.5) is 11.4 Å². The lowest BCUT2D eigenvalue weighted by Gasteiger charge is -2.27. The zero-order valence-corrected chi connectivity index (χ0v) is 19.2. The van der Waals surface area contributed by atoms with Crippen LogP contribution in [0, 0.1) is 0 Å². The molecule has 0 saturated heterocycles. The Balaban J connectivity index is 1.81. The van der Waals surface area contributed by atoms with Crippen molar-refractivity contribution >= 4 is 17.0 Å². The van der Waals surface area contributed by atoms with Crippen molar-refractivity contribution in [2.45, 2.75) is 19.9 Å². The lowest BCUT2D eigenvalue weighted by Crippen LogP contribution is -2.33. The molecule has 0 radical (unpaired) electrons. The summed E-state index contributed by atoms with van der Waals surface area (Å²) < 4.78 is 12.5. The molecule has 4 aromatic rings. The normalized spacial score (nSPS) is 11.2. The van der Waals surface area contributed by atoms with E-state index in [1.165, 1.54) is 0 Å². The molecule has 3 heterocycles. The molecular weight excluding hydrogens is 420 g/mol. The summed E-state index contributed by atoms with van der Waals surface area (Å²) in [6.07, 6.45) is 6.69. The number of ether oxygens (including phenoxy) is 2. The number of nitrogens with zero attached hydrogens (tertiary/aromatic N) is 4. The minimum Gasteiger partial charge on any atom is -0.497 e. The Kier molecular flexibility index (Phi) is 6.60. The number of hydrogen-bond donors (Lipinski definition) is 2. The van der Waals surface area contributed by atoms with Gasteiger partial charge < -0.3 is 19.7 Å². The molecule has 33 heavy (non-hydrogen) atoms. The molecule has 0 fully saturated rings. The highest BCUT2D eigenvalue weighted by atomic mass is 16.5. The van der Waals surface area contributed by atoms with E-state index < -0.39 is 0 Å². The van der Waals surface area contributed by atoms with Gasteiger partial charge in [0, 0.05) is 67.2 Å². The number of anilines is 2. The number of methoxy groups -OCH3 is 2. The molecule has 4 rings (SSSR count). The predicted molar refractivity (Wildman–Crippen MR) is 129 cm³/mol. The smallest absolute Gasteiger partial charge is 0.265 e. The van der Waals surface area contributed by atoms with Crippen LogP contribution in [0.2, 0.25) is 0 Å². The van der Waals surface area contributed by atoms with Crippen molar-refractivity contribution in [3.05, 3.63) is 65.5 Å². The van der Waals surface area contributed by atoms with E-state index in [2.05, 4.69) is 39.2 Å². The quantitative estimate of drug-likeness (QED) is 0.406. The number of aromatic nitrogens is 4. The minimum absolute atomic E-state index is 0.160. The number of hydrogen-bond acceptors (Lipinski definition) is 7. The third-order valence-electron chi connectivity index (χ3n) is 5.34. The molecule has 0 saturated carbocycles. The van der Waals surface area contributed by atoms with E-state index in [-0.39, 0.29) is 5.56 Å². The van der Waals surface area contributed by atoms with Gasteiger partial charge in [-0.1, -0.05) is 13.8 Å². The first-order valence-corrected chi connectivity index (χ1v) is 10.7. The molecule has 2 N–H and O–H groups in total. The molecule has 0 bridgehead atoms. The highest BCUT2D eigenvalue weighted by Gasteiger charge is 2.15. The van der Waals surface area contributed by atoms with Crippen molar-refractivity contribution in [3.8, 4) is 22.6 Å². The van der Waals surface area contributed by atoms with E-state index in [1.807, 2.05) is 36.5 Å². The fourth-order valence-electron chi connectivity index (χ4n) is 3.64. The molecule has 0 aliphatic rings. The number of H-pyrrole nitrogens is 1. The molecule has 1 aromatic carbocycles. The van der Waals surface area contributed by atoms with Gasteiger partial charge in [0.15, 0.2) is 0 Å². The second kappa shape index (κ2) is 9.74. The van der Waals surface area contributed by atoms with Gasteiger partial charge in [-0.3, -0.25) is 14.3 Å². The molecule has 172 valence electrons. The van der Waals surface area contributed by atoms with E-state index in [0.717, 1.165) is 17.9 Å². The van der Waals surface area contributed by atoms with Gasteiger partial charge in [-0.25, -0.2) is 4.98 Å². The first kappa shape index (κ1) is 22.3. The molecule has 0 aliphatic heterocycles. The highest BCUT2D eigenvalue weighted by Crippen LogP contribution is 2.32. The molecule has 9 nitrogen and oxygen atoms in total. The van der Waals surface area contributed by atoms with Crippen LogP contribution in [0.3, 0.4) is 0 Å². The van der Waals surface area contributed by atoms with E-state index in [9.17, 15) is 4.79 Å². The summed E-state index contributed by atoms with van der Waals surface area (Å²) in [6.45, 7) is 5.64. The summed E-state index contributed by atoms with van der Waals surface area (Å²) >= 11 is 0. The number of rotatable bonds is 9. The Morgan fingerprint density at radius 3 is 2.48 bits per heavy atom. The number of fused-ring (bicyclic) bond motifs is 1. The molecule has 0 atom stereocenters. The maximum atomic E-state index is 13.3. The van der Waals surface area contributed by atoms with Crippen LogP contribution in [-0.2, 0) is 0 Å². The first-order chi connectivity index (χ1) is 16.0. The summed E-state index contributed by atoms with van der Waals surface area (Å²) in [5, 5.41) is 10.1. The number of nitrogens with one attached hydrogen (secondary N) is 2. The lowest BCUT2D eigenvalue weighted by atomic mass is 10.2.